The van der Waals surface area contributed by atoms with Crippen LogP contribution in [-0.2, 0) is 6.42 Å². The molecule has 0 unspecified atom stereocenters. The fourth-order valence-corrected chi connectivity index (χ4v) is 4.22. The molecule has 1 aromatic rings. The smallest absolute Gasteiger partial charge is 0.136 e. The van der Waals surface area contributed by atoms with Crippen molar-refractivity contribution in [2.45, 2.75) is 58.8 Å². The minimum absolute atomic E-state index is 0.0192. The van der Waals surface area contributed by atoms with Crippen molar-refractivity contribution in [3.8, 4) is 11.5 Å². The molecule has 126 valence electrons. The molecule has 3 heteroatoms. The normalized spacial score (nSPS) is 20.6. The largest absolute Gasteiger partial charge is 0.507 e. The van der Waals surface area contributed by atoms with E-state index in [2.05, 4.69) is 49.1 Å². The third kappa shape index (κ3) is 3.93. The van der Waals surface area contributed by atoms with Gasteiger partial charge in [0.15, 0.2) is 0 Å². The molecule has 1 aromatic carbocycles. The van der Waals surface area contributed by atoms with Crippen LogP contribution in [-0.4, -0.2) is 10.2 Å². The molecule has 2 nitrogen and oxygen atoms in total. The van der Waals surface area contributed by atoms with Gasteiger partial charge in [0, 0.05) is 11.5 Å². The standard InChI is InChI=1S/C20H27IO2/c1-5-6-7-8-14-11-17(22)18(20(23)19(14)21)16-10-13(4)9-15(16)12(2)3/h10-11,15-16,22-23H,2,5-9H2,1,3-4H3/t15-,16+/m0/s1. The van der Waals surface area contributed by atoms with Gasteiger partial charge in [-0.15, -0.1) is 0 Å². The Morgan fingerprint density at radius 1 is 1.35 bits per heavy atom. The van der Waals surface area contributed by atoms with Crippen LogP contribution >= 0.6 is 22.6 Å². The number of rotatable bonds is 6. The molecule has 0 saturated carbocycles. The summed E-state index contributed by atoms with van der Waals surface area (Å²) in [6, 6.07) is 1.85. The van der Waals surface area contributed by atoms with Crippen molar-refractivity contribution in [1.29, 1.82) is 0 Å². The molecule has 23 heavy (non-hydrogen) atoms. The van der Waals surface area contributed by atoms with Crippen LogP contribution < -0.4 is 0 Å². The quantitative estimate of drug-likeness (QED) is 0.330. The highest BCUT2D eigenvalue weighted by Crippen LogP contribution is 2.49. The van der Waals surface area contributed by atoms with E-state index in [0.29, 0.717) is 5.56 Å². The molecule has 1 aliphatic carbocycles. The lowest BCUT2D eigenvalue weighted by Crippen LogP contribution is -2.09. The van der Waals surface area contributed by atoms with Gasteiger partial charge in [-0.2, -0.15) is 0 Å². The summed E-state index contributed by atoms with van der Waals surface area (Å²) >= 11 is 2.21. The van der Waals surface area contributed by atoms with E-state index in [1.54, 1.807) is 0 Å². The molecular weight excluding hydrogens is 399 g/mol. The lowest BCUT2D eigenvalue weighted by molar-refractivity contribution is 0.420. The Kier molecular flexibility index (Phi) is 6.18. The van der Waals surface area contributed by atoms with Crippen molar-refractivity contribution in [2.75, 3.05) is 0 Å². The van der Waals surface area contributed by atoms with Crippen LogP contribution in [0.25, 0.3) is 0 Å². The zero-order valence-corrected chi connectivity index (χ0v) is 16.5. The number of aryl methyl sites for hydroxylation is 1. The molecule has 0 heterocycles. The minimum atomic E-state index is 0.0192. The first-order chi connectivity index (χ1) is 10.9. The zero-order chi connectivity index (χ0) is 17.1. The topological polar surface area (TPSA) is 40.5 Å². The van der Waals surface area contributed by atoms with Crippen LogP contribution in [0.5, 0.6) is 11.5 Å². The van der Waals surface area contributed by atoms with Gasteiger partial charge in [0.05, 0.1) is 3.57 Å². The summed E-state index contributed by atoms with van der Waals surface area (Å²) < 4.78 is 0.880. The predicted octanol–water partition coefficient (Wildman–Crippen LogP) is 6.06. The SMILES string of the molecule is C=C(C)[C@@H]1CC(C)=C[C@H]1c1c(O)cc(CCCCC)c(I)c1O. The van der Waals surface area contributed by atoms with Crippen molar-refractivity contribution < 1.29 is 10.2 Å². The van der Waals surface area contributed by atoms with E-state index in [9.17, 15) is 10.2 Å². The molecular formula is C20H27IO2. The minimum Gasteiger partial charge on any atom is -0.507 e. The first kappa shape index (κ1) is 18.4. The summed E-state index contributed by atoms with van der Waals surface area (Å²) in [7, 11) is 0. The second-order valence-electron chi connectivity index (χ2n) is 6.78. The van der Waals surface area contributed by atoms with Gasteiger partial charge in [-0.1, -0.05) is 43.6 Å². The summed E-state index contributed by atoms with van der Waals surface area (Å²) in [5.74, 6) is 0.746. The van der Waals surface area contributed by atoms with Gasteiger partial charge < -0.3 is 10.2 Å². The fraction of sp³-hybridized carbons (Fsp3) is 0.500. The molecule has 2 N–H and O–H groups in total. The molecule has 0 spiro atoms. The number of unbranched alkanes of at least 4 members (excludes halogenated alkanes) is 2. The van der Waals surface area contributed by atoms with E-state index in [1.165, 1.54) is 18.4 Å². The Morgan fingerprint density at radius 3 is 2.65 bits per heavy atom. The van der Waals surface area contributed by atoms with Gasteiger partial charge in [0.25, 0.3) is 0 Å². The number of phenols is 2. The lowest BCUT2D eigenvalue weighted by atomic mass is 9.83. The molecule has 2 rings (SSSR count). The number of allylic oxidation sites excluding steroid dienone is 3. The Balaban J connectivity index is 2.40. The molecule has 0 aromatic heterocycles. The maximum absolute atomic E-state index is 10.7. The number of hydrogen-bond acceptors (Lipinski definition) is 2. The van der Waals surface area contributed by atoms with Crippen LogP contribution in [0.1, 0.15) is 63.5 Å². The second kappa shape index (κ2) is 7.73. The molecule has 0 radical (unpaired) electrons. The summed E-state index contributed by atoms with van der Waals surface area (Å²) in [4.78, 5) is 0. The Morgan fingerprint density at radius 2 is 2.04 bits per heavy atom. The van der Waals surface area contributed by atoms with Gasteiger partial charge in [-0.05, 0) is 73.2 Å². The van der Waals surface area contributed by atoms with Gasteiger partial charge >= 0.3 is 0 Å². The number of phenolic OH excluding ortho intramolecular Hbond substituents is 2. The molecule has 0 amide bonds. The van der Waals surface area contributed by atoms with Gasteiger partial charge in [0.2, 0.25) is 0 Å². The molecule has 0 aliphatic heterocycles. The van der Waals surface area contributed by atoms with Crippen LogP contribution in [0, 0.1) is 9.49 Å². The first-order valence-electron chi connectivity index (χ1n) is 8.42. The highest BCUT2D eigenvalue weighted by molar-refractivity contribution is 14.1. The summed E-state index contributed by atoms with van der Waals surface area (Å²) in [6.07, 6.45) is 7.44. The highest BCUT2D eigenvalue weighted by Gasteiger charge is 2.32. The summed E-state index contributed by atoms with van der Waals surface area (Å²) in [6.45, 7) is 10.4. The summed E-state index contributed by atoms with van der Waals surface area (Å²) in [5.41, 5.74) is 4.11. The van der Waals surface area contributed by atoms with Crippen molar-refractivity contribution in [3.63, 3.8) is 0 Å². The zero-order valence-electron chi connectivity index (χ0n) is 14.3. The molecule has 0 fully saturated rings. The maximum Gasteiger partial charge on any atom is 0.136 e. The number of hydrogen-bond donors (Lipinski definition) is 2. The van der Waals surface area contributed by atoms with E-state index >= 15 is 0 Å². The fourth-order valence-electron chi connectivity index (χ4n) is 3.50. The van der Waals surface area contributed by atoms with E-state index < -0.39 is 0 Å². The summed E-state index contributed by atoms with van der Waals surface area (Å²) in [5, 5.41) is 21.3. The van der Waals surface area contributed by atoms with Gasteiger partial charge in [-0.3, -0.25) is 0 Å². The van der Waals surface area contributed by atoms with Crippen LogP contribution in [0.3, 0.4) is 0 Å². The van der Waals surface area contributed by atoms with Crippen LogP contribution in [0.4, 0.5) is 0 Å². The Bertz CT molecular complexity index is 631. The van der Waals surface area contributed by atoms with E-state index in [4.69, 9.17) is 0 Å². The van der Waals surface area contributed by atoms with Crippen LogP contribution in [0.15, 0.2) is 29.9 Å². The lowest BCUT2D eigenvalue weighted by Gasteiger charge is -2.23. The van der Waals surface area contributed by atoms with Gasteiger partial charge in [-0.25, -0.2) is 0 Å². The van der Waals surface area contributed by atoms with E-state index in [0.717, 1.165) is 34.0 Å². The highest BCUT2D eigenvalue weighted by atomic mass is 127. The van der Waals surface area contributed by atoms with Crippen LogP contribution in [0.2, 0.25) is 0 Å². The first-order valence-corrected chi connectivity index (χ1v) is 9.50. The molecule has 1 aliphatic rings. The second-order valence-corrected chi connectivity index (χ2v) is 7.86. The predicted molar refractivity (Wildman–Crippen MR) is 105 cm³/mol. The number of aromatic hydroxyl groups is 2. The molecule has 0 bridgehead atoms. The average molecular weight is 426 g/mol. The van der Waals surface area contributed by atoms with Crippen molar-refractivity contribution in [2.24, 2.45) is 5.92 Å². The number of halogens is 1. The van der Waals surface area contributed by atoms with Crippen molar-refractivity contribution >= 4 is 22.6 Å². The molecule has 2 atom stereocenters. The Hall–Kier alpha value is -0.970. The van der Waals surface area contributed by atoms with E-state index in [-0.39, 0.29) is 23.3 Å². The third-order valence-electron chi connectivity index (χ3n) is 4.79. The van der Waals surface area contributed by atoms with Crippen molar-refractivity contribution in [1.82, 2.24) is 0 Å². The maximum atomic E-state index is 10.7. The monoisotopic (exact) mass is 426 g/mol. The molecule has 0 saturated heterocycles. The third-order valence-corrected chi connectivity index (χ3v) is 5.99. The van der Waals surface area contributed by atoms with Gasteiger partial charge in [0.1, 0.15) is 11.5 Å². The van der Waals surface area contributed by atoms with Crippen molar-refractivity contribution in [3.05, 3.63) is 44.6 Å². The van der Waals surface area contributed by atoms with E-state index in [1.807, 2.05) is 13.0 Å². The Labute approximate surface area is 153 Å². The number of benzene rings is 1. The average Bonchev–Trinajstić information content (AvgIpc) is 2.86.